The van der Waals surface area contributed by atoms with Gasteiger partial charge in [0, 0.05) is 0 Å². The molecule has 0 unspecified atom stereocenters. The van der Waals surface area contributed by atoms with Crippen molar-refractivity contribution in [1.29, 1.82) is 0 Å². The molecule has 0 aromatic carbocycles. The number of hydrogen-bond donors (Lipinski definition) is 1. The smallest absolute Gasteiger partial charge is 0.247 e. The lowest BCUT2D eigenvalue weighted by Crippen LogP contribution is -2.36. The van der Waals surface area contributed by atoms with E-state index in [1.165, 1.54) is 102 Å². The lowest BCUT2D eigenvalue weighted by atomic mass is 9.93. The minimum atomic E-state index is 0.733. The summed E-state index contributed by atoms with van der Waals surface area (Å²) in [5, 5.41) is 0. The van der Waals surface area contributed by atoms with Crippen molar-refractivity contribution >= 4 is 0 Å². The summed E-state index contributed by atoms with van der Waals surface area (Å²) in [6.45, 7) is 7.94. The maximum Gasteiger partial charge on any atom is 0.257 e. The van der Waals surface area contributed by atoms with Crippen molar-refractivity contribution in [1.82, 2.24) is 4.98 Å². The highest BCUT2D eigenvalue weighted by Crippen LogP contribution is 2.26. The number of hydrogen-bond acceptors (Lipinski definition) is 0. The van der Waals surface area contributed by atoms with Crippen molar-refractivity contribution in [2.75, 3.05) is 0 Å². The average molecular weight is 350 g/mol. The van der Waals surface area contributed by atoms with Gasteiger partial charge in [0.25, 0.3) is 5.82 Å². The summed E-state index contributed by atoms with van der Waals surface area (Å²) < 4.78 is 2.42. The molecular formula is C23H45N2+. The van der Waals surface area contributed by atoms with Gasteiger partial charge in [-0.2, -0.15) is 0 Å². The van der Waals surface area contributed by atoms with Crippen LogP contribution in [0, 0.1) is 0 Å². The zero-order valence-electron chi connectivity index (χ0n) is 17.5. The molecule has 0 bridgehead atoms. The fraction of sp³-hybridized carbons (Fsp3) is 0.870. The molecule has 1 N–H and O–H groups in total. The van der Waals surface area contributed by atoms with E-state index in [0.717, 1.165) is 12.5 Å². The maximum absolute atomic E-state index is 3.55. The van der Waals surface area contributed by atoms with Crippen molar-refractivity contribution in [3.8, 4) is 0 Å². The summed E-state index contributed by atoms with van der Waals surface area (Å²) in [5.41, 5.74) is 0. The maximum atomic E-state index is 3.55. The van der Waals surface area contributed by atoms with Crippen LogP contribution in [-0.4, -0.2) is 4.98 Å². The first kappa shape index (κ1) is 22.3. The predicted octanol–water partition coefficient (Wildman–Crippen LogP) is 7.30. The van der Waals surface area contributed by atoms with E-state index in [1.54, 1.807) is 0 Å². The van der Waals surface area contributed by atoms with E-state index >= 15 is 0 Å². The zero-order chi connectivity index (χ0) is 18.2. The zero-order valence-corrected chi connectivity index (χ0v) is 17.5. The number of H-pyrrole nitrogens is 1. The topological polar surface area (TPSA) is 19.7 Å². The van der Waals surface area contributed by atoms with Gasteiger partial charge in [-0.1, -0.05) is 97.3 Å². The molecule has 0 aliphatic carbocycles. The van der Waals surface area contributed by atoms with Crippen molar-refractivity contribution < 1.29 is 4.57 Å². The summed E-state index contributed by atoms with van der Waals surface area (Å²) in [6, 6.07) is 0. The summed E-state index contributed by atoms with van der Waals surface area (Å²) in [7, 11) is 0. The molecule has 25 heavy (non-hydrogen) atoms. The van der Waals surface area contributed by atoms with Crippen molar-refractivity contribution in [2.45, 2.75) is 130 Å². The third-order valence-electron chi connectivity index (χ3n) is 5.58. The highest BCUT2D eigenvalue weighted by Gasteiger charge is 2.21. The monoisotopic (exact) mass is 349 g/mol. The number of aromatic amines is 1. The molecule has 0 amide bonds. The van der Waals surface area contributed by atoms with Gasteiger partial charge >= 0.3 is 0 Å². The van der Waals surface area contributed by atoms with E-state index in [0.29, 0.717) is 0 Å². The molecule has 0 aliphatic heterocycles. The lowest BCUT2D eigenvalue weighted by molar-refractivity contribution is -0.701. The molecular weight excluding hydrogens is 304 g/mol. The quantitative estimate of drug-likeness (QED) is 0.225. The van der Waals surface area contributed by atoms with Crippen molar-refractivity contribution in [3.63, 3.8) is 0 Å². The second-order valence-corrected chi connectivity index (χ2v) is 7.79. The van der Waals surface area contributed by atoms with Crippen LogP contribution in [0.15, 0.2) is 12.4 Å². The minimum absolute atomic E-state index is 0.733. The Morgan fingerprint density at radius 2 is 1.20 bits per heavy atom. The number of nitrogens with zero attached hydrogens (tertiary/aromatic N) is 1. The van der Waals surface area contributed by atoms with Crippen molar-refractivity contribution in [3.05, 3.63) is 18.2 Å². The molecule has 1 aromatic heterocycles. The summed E-state index contributed by atoms with van der Waals surface area (Å²) in [5.74, 6) is 2.21. The number of rotatable bonds is 17. The summed E-state index contributed by atoms with van der Waals surface area (Å²) in [4.78, 5) is 3.55. The number of unbranched alkanes of at least 4 members (excludes halogenated alkanes) is 11. The third kappa shape index (κ3) is 10.1. The fourth-order valence-electron chi connectivity index (χ4n) is 3.94. The van der Waals surface area contributed by atoms with E-state index in [9.17, 15) is 0 Å². The average Bonchev–Trinajstić information content (AvgIpc) is 3.10. The molecule has 2 heteroatoms. The Morgan fingerprint density at radius 3 is 1.68 bits per heavy atom. The second kappa shape index (κ2) is 15.5. The van der Waals surface area contributed by atoms with Gasteiger partial charge in [-0.05, 0) is 19.8 Å². The molecule has 1 aromatic rings. The van der Waals surface area contributed by atoms with Crippen LogP contribution in [-0.2, 0) is 6.54 Å². The second-order valence-electron chi connectivity index (χ2n) is 7.79. The first-order chi connectivity index (χ1) is 12.3. The van der Waals surface area contributed by atoms with Gasteiger partial charge in [0.1, 0.15) is 12.4 Å². The molecule has 0 spiro atoms. The van der Waals surface area contributed by atoms with Crippen LogP contribution in [0.3, 0.4) is 0 Å². The van der Waals surface area contributed by atoms with Gasteiger partial charge in [0.15, 0.2) is 0 Å². The van der Waals surface area contributed by atoms with Crippen LogP contribution >= 0.6 is 0 Å². The Balaban J connectivity index is 2.31. The van der Waals surface area contributed by atoms with Crippen LogP contribution in [0.2, 0.25) is 0 Å². The van der Waals surface area contributed by atoms with E-state index < -0.39 is 0 Å². The summed E-state index contributed by atoms with van der Waals surface area (Å²) >= 11 is 0. The molecule has 0 fully saturated rings. The SMILES string of the molecule is CCCCCCCCCC[C@H](CCCCCCC)c1[nH]cc[n+]1CC. The number of aryl methyl sites for hydroxylation is 1. The molecule has 1 atom stereocenters. The van der Waals surface area contributed by atoms with Crippen LogP contribution in [0.25, 0.3) is 0 Å². The fourth-order valence-corrected chi connectivity index (χ4v) is 3.94. The molecule has 1 heterocycles. The Morgan fingerprint density at radius 1 is 0.720 bits per heavy atom. The Labute approximate surface area is 157 Å². The van der Waals surface area contributed by atoms with E-state index in [2.05, 4.69) is 42.7 Å². The van der Waals surface area contributed by atoms with Crippen molar-refractivity contribution in [2.24, 2.45) is 0 Å². The molecule has 0 radical (unpaired) electrons. The highest BCUT2D eigenvalue weighted by molar-refractivity contribution is 4.89. The number of imidazole rings is 1. The molecule has 0 saturated heterocycles. The van der Waals surface area contributed by atoms with Gasteiger partial charge in [-0.3, -0.25) is 0 Å². The third-order valence-corrected chi connectivity index (χ3v) is 5.58. The number of aromatic nitrogens is 2. The molecule has 1 rings (SSSR count). The van der Waals surface area contributed by atoms with E-state index in [4.69, 9.17) is 0 Å². The predicted molar refractivity (Wildman–Crippen MR) is 110 cm³/mol. The molecule has 146 valence electrons. The Hall–Kier alpha value is -0.790. The van der Waals surface area contributed by atoms with Gasteiger partial charge < -0.3 is 0 Å². The van der Waals surface area contributed by atoms with Gasteiger partial charge in [-0.25, -0.2) is 9.55 Å². The van der Waals surface area contributed by atoms with Crippen LogP contribution in [0.5, 0.6) is 0 Å². The standard InChI is InChI=1S/C23H44N2/c1-4-7-9-11-12-13-15-17-19-22(18-16-14-10-8-5-2)23-24-20-21-25(23)6-3/h20-22H,4-19H2,1-3H3/p+1/t22-/m0/s1. The van der Waals surface area contributed by atoms with Gasteiger partial charge in [0.2, 0.25) is 0 Å². The highest BCUT2D eigenvalue weighted by atomic mass is 15.1. The van der Waals surface area contributed by atoms with Gasteiger partial charge in [0.05, 0.1) is 12.5 Å². The molecule has 0 saturated carbocycles. The Kier molecular flexibility index (Phi) is 13.8. The Bertz CT molecular complexity index is 397. The number of nitrogens with one attached hydrogen (secondary N) is 1. The molecule has 2 nitrogen and oxygen atoms in total. The van der Waals surface area contributed by atoms with Crippen LogP contribution < -0.4 is 4.57 Å². The normalized spacial score (nSPS) is 12.6. The largest absolute Gasteiger partial charge is 0.257 e. The van der Waals surface area contributed by atoms with Crippen LogP contribution in [0.1, 0.15) is 129 Å². The van der Waals surface area contributed by atoms with E-state index in [-0.39, 0.29) is 0 Å². The van der Waals surface area contributed by atoms with E-state index in [1.807, 2.05) is 0 Å². The van der Waals surface area contributed by atoms with Crippen LogP contribution in [0.4, 0.5) is 0 Å². The first-order valence-electron chi connectivity index (χ1n) is 11.4. The summed E-state index contributed by atoms with van der Waals surface area (Å²) in [6.07, 6.45) is 25.4. The lowest BCUT2D eigenvalue weighted by Gasteiger charge is -2.14. The molecule has 0 aliphatic rings. The minimum Gasteiger partial charge on any atom is -0.247 e. The van der Waals surface area contributed by atoms with Gasteiger partial charge in [-0.15, -0.1) is 0 Å². The first-order valence-corrected chi connectivity index (χ1v) is 11.4.